The second-order valence-electron chi connectivity index (χ2n) is 6.21. The number of fused-ring (bicyclic) bond motifs is 1. The van der Waals surface area contributed by atoms with Gasteiger partial charge in [0.1, 0.15) is 11.4 Å². The summed E-state index contributed by atoms with van der Waals surface area (Å²) in [5.41, 5.74) is -1.78. The van der Waals surface area contributed by atoms with E-state index in [9.17, 15) is 18.3 Å². The van der Waals surface area contributed by atoms with Crippen molar-refractivity contribution in [3.05, 3.63) is 23.8 Å². The minimum atomic E-state index is -3.91. The van der Waals surface area contributed by atoms with Gasteiger partial charge in [0.2, 0.25) is 10.0 Å². The van der Waals surface area contributed by atoms with Crippen LogP contribution in [0.25, 0.3) is 0 Å². The zero-order valence-corrected chi connectivity index (χ0v) is 13.4. The number of hydrogen-bond acceptors (Lipinski definition) is 5. The molecule has 122 valence electrons. The Morgan fingerprint density at radius 1 is 1.45 bits per heavy atom. The normalized spacial score (nSPS) is 19.1. The number of aliphatic carboxylic acids is 1. The van der Waals surface area contributed by atoms with Gasteiger partial charge in [0.05, 0.1) is 11.4 Å². The third-order valence-corrected chi connectivity index (χ3v) is 4.81. The van der Waals surface area contributed by atoms with Crippen molar-refractivity contribution in [1.82, 2.24) is 4.72 Å². The second kappa shape index (κ2) is 5.22. The molecule has 3 N–H and O–H groups in total. The summed E-state index contributed by atoms with van der Waals surface area (Å²) in [6.45, 7) is 4.22. The van der Waals surface area contributed by atoms with Crippen LogP contribution >= 0.6 is 0 Å². The van der Waals surface area contributed by atoms with Gasteiger partial charge in [0.15, 0.2) is 5.60 Å². The number of carbonyl (C=O) groups is 1. The topological polar surface area (TPSA) is 113 Å². The zero-order chi connectivity index (χ0) is 16.8. The molecule has 22 heavy (non-hydrogen) atoms. The molecule has 1 aromatic carbocycles. The van der Waals surface area contributed by atoms with Crippen molar-refractivity contribution in [1.29, 1.82) is 0 Å². The monoisotopic (exact) mass is 329 g/mol. The lowest BCUT2D eigenvalue weighted by Crippen LogP contribution is -2.46. The van der Waals surface area contributed by atoms with Crippen molar-refractivity contribution in [2.45, 2.75) is 43.3 Å². The molecule has 2 rings (SSSR count). The minimum Gasteiger partial charge on any atom is -0.487 e. The van der Waals surface area contributed by atoms with Crippen LogP contribution in [-0.2, 0) is 21.2 Å². The molecule has 7 nitrogen and oxygen atoms in total. The van der Waals surface area contributed by atoms with E-state index < -0.39 is 28.1 Å². The van der Waals surface area contributed by atoms with Crippen LogP contribution in [0.15, 0.2) is 23.1 Å². The molecule has 1 aliphatic heterocycles. The Bertz CT molecular complexity index is 708. The van der Waals surface area contributed by atoms with E-state index in [1.54, 1.807) is 6.07 Å². The molecule has 0 saturated carbocycles. The highest BCUT2D eigenvalue weighted by molar-refractivity contribution is 7.89. The smallest absolute Gasteiger partial charge is 0.336 e. The summed E-state index contributed by atoms with van der Waals surface area (Å²) in [5.74, 6) is -0.860. The number of sulfonamides is 1. The lowest BCUT2D eigenvalue weighted by atomic mass is 10.0. The van der Waals surface area contributed by atoms with Crippen LogP contribution in [0.3, 0.4) is 0 Å². The van der Waals surface area contributed by atoms with E-state index in [4.69, 9.17) is 9.84 Å². The quantitative estimate of drug-likeness (QED) is 0.725. The minimum absolute atomic E-state index is 0.00809. The van der Waals surface area contributed by atoms with Gasteiger partial charge in [-0.1, -0.05) is 0 Å². The maximum absolute atomic E-state index is 12.2. The SMILES string of the molecule is CC1(C)Cc2cc(S(=O)(=O)NCC(C)(O)C(=O)O)ccc2O1. The first-order valence-electron chi connectivity index (χ1n) is 6.70. The fourth-order valence-corrected chi connectivity index (χ4v) is 3.33. The number of aliphatic hydroxyl groups is 1. The Morgan fingerprint density at radius 3 is 2.68 bits per heavy atom. The van der Waals surface area contributed by atoms with Crippen LogP contribution in [0.4, 0.5) is 0 Å². The summed E-state index contributed by atoms with van der Waals surface area (Å²) < 4.78 is 32.2. The molecule has 1 heterocycles. The zero-order valence-electron chi connectivity index (χ0n) is 12.6. The molecule has 0 bridgehead atoms. The van der Waals surface area contributed by atoms with Crippen LogP contribution in [-0.4, -0.2) is 42.3 Å². The predicted octanol–water partition coefficient (Wildman–Crippen LogP) is 0.514. The number of carboxylic acid groups (broad SMARTS) is 1. The van der Waals surface area contributed by atoms with Crippen LogP contribution in [0, 0.1) is 0 Å². The molecule has 1 aromatic rings. The van der Waals surface area contributed by atoms with Crippen molar-refractivity contribution < 1.29 is 28.2 Å². The van der Waals surface area contributed by atoms with E-state index in [0.717, 1.165) is 12.5 Å². The van der Waals surface area contributed by atoms with Crippen LogP contribution < -0.4 is 9.46 Å². The second-order valence-corrected chi connectivity index (χ2v) is 7.98. The number of carboxylic acids is 1. The molecule has 0 fully saturated rings. The highest BCUT2D eigenvalue weighted by Crippen LogP contribution is 2.35. The van der Waals surface area contributed by atoms with Gasteiger partial charge in [0.25, 0.3) is 0 Å². The van der Waals surface area contributed by atoms with E-state index >= 15 is 0 Å². The first kappa shape index (κ1) is 16.7. The standard InChI is InChI=1S/C14H19NO6S/c1-13(2)7-9-6-10(4-5-11(9)21-13)22(19,20)15-8-14(3,18)12(16)17/h4-6,15,18H,7-8H2,1-3H3,(H,16,17). The third kappa shape index (κ3) is 3.40. The van der Waals surface area contributed by atoms with E-state index in [-0.39, 0.29) is 10.5 Å². The van der Waals surface area contributed by atoms with Crippen LogP contribution in [0.5, 0.6) is 5.75 Å². The Labute approximate surface area is 129 Å². The van der Waals surface area contributed by atoms with Crippen molar-refractivity contribution in [2.75, 3.05) is 6.54 Å². The number of benzene rings is 1. The first-order valence-corrected chi connectivity index (χ1v) is 8.19. The molecule has 0 amide bonds. The molecule has 1 atom stereocenters. The van der Waals surface area contributed by atoms with Gasteiger partial charge in [-0.2, -0.15) is 0 Å². The highest BCUT2D eigenvalue weighted by atomic mass is 32.2. The fourth-order valence-electron chi connectivity index (χ4n) is 2.15. The maximum Gasteiger partial charge on any atom is 0.336 e. The van der Waals surface area contributed by atoms with Gasteiger partial charge < -0.3 is 14.9 Å². The van der Waals surface area contributed by atoms with Gasteiger partial charge in [-0.05, 0) is 44.5 Å². The highest BCUT2D eigenvalue weighted by Gasteiger charge is 2.33. The van der Waals surface area contributed by atoms with E-state index in [2.05, 4.69) is 4.72 Å². The summed E-state index contributed by atoms with van der Waals surface area (Å²) in [5, 5.41) is 18.4. The van der Waals surface area contributed by atoms with E-state index in [1.165, 1.54) is 12.1 Å². The molecular weight excluding hydrogens is 310 g/mol. The van der Waals surface area contributed by atoms with Crippen molar-refractivity contribution >= 4 is 16.0 Å². The number of hydrogen-bond donors (Lipinski definition) is 3. The van der Waals surface area contributed by atoms with E-state index in [0.29, 0.717) is 12.2 Å². The van der Waals surface area contributed by atoms with Crippen molar-refractivity contribution in [3.63, 3.8) is 0 Å². The average Bonchev–Trinajstić information content (AvgIpc) is 2.69. The predicted molar refractivity (Wildman–Crippen MR) is 78.3 cm³/mol. The number of ether oxygens (including phenoxy) is 1. The Hall–Kier alpha value is -1.64. The Morgan fingerprint density at radius 2 is 2.09 bits per heavy atom. The van der Waals surface area contributed by atoms with E-state index in [1.807, 2.05) is 13.8 Å². The van der Waals surface area contributed by atoms with Gasteiger partial charge in [-0.15, -0.1) is 0 Å². The molecule has 0 aromatic heterocycles. The first-order chi connectivity index (χ1) is 9.93. The molecule has 0 radical (unpaired) electrons. The average molecular weight is 329 g/mol. The van der Waals surface area contributed by atoms with Crippen molar-refractivity contribution in [2.24, 2.45) is 0 Å². The largest absolute Gasteiger partial charge is 0.487 e. The summed E-state index contributed by atoms with van der Waals surface area (Å²) in [6.07, 6.45) is 0.582. The molecule has 1 unspecified atom stereocenters. The molecule has 0 spiro atoms. The van der Waals surface area contributed by atoms with Gasteiger partial charge in [0, 0.05) is 6.42 Å². The molecule has 0 saturated heterocycles. The van der Waals surface area contributed by atoms with Crippen LogP contribution in [0.1, 0.15) is 26.3 Å². The van der Waals surface area contributed by atoms with Crippen LogP contribution in [0.2, 0.25) is 0 Å². The Kier molecular flexibility index (Phi) is 3.97. The van der Waals surface area contributed by atoms with Crippen molar-refractivity contribution in [3.8, 4) is 5.75 Å². The maximum atomic E-state index is 12.2. The molecule has 1 aliphatic rings. The fraction of sp³-hybridized carbons (Fsp3) is 0.500. The number of rotatable bonds is 5. The van der Waals surface area contributed by atoms with Gasteiger partial charge in [-0.25, -0.2) is 17.9 Å². The lowest BCUT2D eigenvalue weighted by molar-refractivity contribution is -0.155. The number of nitrogens with one attached hydrogen (secondary N) is 1. The summed E-state index contributed by atoms with van der Waals surface area (Å²) in [4.78, 5) is 10.8. The molecular formula is C14H19NO6S. The summed E-state index contributed by atoms with van der Waals surface area (Å²) in [7, 11) is -3.91. The lowest BCUT2D eigenvalue weighted by Gasteiger charge is -2.18. The Balaban J connectivity index is 2.20. The van der Waals surface area contributed by atoms with Gasteiger partial charge >= 0.3 is 5.97 Å². The summed E-state index contributed by atoms with van der Waals surface area (Å²) >= 11 is 0. The molecule has 0 aliphatic carbocycles. The summed E-state index contributed by atoms with van der Waals surface area (Å²) in [6, 6.07) is 4.47. The molecule has 8 heteroatoms. The third-order valence-electron chi connectivity index (χ3n) is 3.41. The van der Waals surface area contributed by atoms with Gasteiger partial charge in [-0.3, -0.25) is 0 Å².